The highest BCUT2D eigenvalue weighted by molar-refractivity contribution is 5.75. The van der Waals surface area contributed by atoms with Crippen LogP contribution in [0, 0.1) is 0 Å². The molecule has 4 nitrogen and oxygen atoms in total. The lowest BCUT2D eigenvalue weighted by Gasteiger charge is -2.05. The third-order valence-electron chi connectivity index (χ3n) is 3.15. The average Bonchev–Trinajstić information content (AvgIpc) is 2.37. The number of nitrogens with one attached hydrogen (secondary N) is 1. The number of carboxylic acids is 1. The standard InChI is InChI=1S/C15H29NO3/c1-2-3-4-5-6-8-11-14(17)16-13-10-7-9-12-15(18)19/h2-13H2,1H3,(H,16,17)(H,18,19). The molecule has 0 radical (unpaired) electrons. The van der Waals surface area contributed by atoms with Crippen LogP contribution in [0.4, 0.5) is 0 Å². The molecule has 0 unspecified atom stereocenters. The van der Waals surface area contributed by atoms with Crippen LogP contribution in [-0.4, -0.2) is 23.5 Å². The first-order valence-electron chi connectivity index (χ1n) is 7.65. The van der Waals surface area contributed by atoms with Crippen molar-refractivity contribution < 1.29 is 14.7 Å². The Kier molecular flexibility index (Phi) is 12.6. The second kappa shape index (κ2) is 13.4. The van der Waals surface area contributed by atoms with Crippen molar-refractivity contribution >= 4 is 11.9 Å². The van der Waals surface area contributed by atoms with Gasteiger partial charge < -0.3 is 10.4 Å². The van der Waals surface area contributed by atoms with E-state index in [1.807, 2.05) is 0 Å². The SMILES string of the molecule is CCCCCCCCC(=O)NCCCCCC(=O)O. The van der Waals surface area contributed by atoms with Crippen LogP contribution in [0.2, 0.25) is 0 Å². The van der Waals surface area contributed by atoms with E-state index in [9.17, 15) is 9.59 Å². The highest BCUT2D eigenvalue weighted by Gasteiger charge is 2.01. The topological polar surface area (TPSA) is 66.4 Å². The molecule has 0 aromatic heterocycles. The fourth-order valence-corrected chi connectivity index (χ4v) is 1.96. The van der Waals surface area contributed by atoms with E-state index in [1.54, 1.807) is 0 Å². The predicted octanol–water partition coefficient (Wildman–Crippen LogP) is 3.50. The number of rotatable bonds is 13. The van der Waals surface area contributed by atoms with Gasteiger partial charge >= 0.3 is 5.97 Å². The molecule has 0 saturated carbocycles. The third-order valence-corrected chi connectivity index (χ3v) is 3.15. The minimum absolute atomic E-state index is 0.133. The molecule has 4 heteroatoms. The van der Waals surface area contributed by atoms with Crippen molar-refractivity contribution in [2.75, 3.05) is 6.54 Å². The molecule has 2 N–H and O–H groups in total. The first kappa shape index (κ1) is 17.9. The molecule has 0 spiro atoms. The van der Waals surface area contributed by atoms with Gasteiger partial charge in [0.1, 0.15) is 0 Å². The Bertz CT molecular complexity index is 242. The van der Waals surface area contributed by atoms with Crippen molar-refractivity contribution in [3.8, 4) is 0 Å². The number of hydrogen-bond acceptors (Lipinski definition) is 2. The second-order valence-corrected chi connectivity index (χ2v) is 5.07. The van der Waals surface area contributed by atoms with Gasteiger partial charge in [0.2, 0.25) is 5.91 Å². The lowest BCUT2D eigenvalue weighted by molar-refractivity contribution is -0.137. The Hall–Kier alpha value is -1.06. The molecule has 0 aliphatic rings. The number of carboxylic acid groups (broad SMARTS) is 1. The highest BCUT2D eigenvalue weighted by atomic mass is 16.4. The van der Waals surface area contributed by atoms with Gasteiger partial charge in [-0.1, -0.05) is 45.4 Å². The lowest BCUT2D eigenvalue weighted by Crippen LogP contribution is -2.23. The van der Waals surface area contributed by atoms with E-state index in [-0.39, 0.29) is 12.3 Å². The van der Waals surface area contributed by atoms with Crippen LogP contribution >= 0.6 is 0 Å². The Labute approximate surface area is 117 Å². The van der Waals surface area contributed by atoms with Gasteiger partial charge in [-0.15, -0.1) is 0 Å². The summed E-state index contributed by atoms with van der Waals surface area (Å²) in [5.74, 6) is -0.610. The Morgan fingerprint density at radius 2 is 1.42 bits per heavy atom. The minimum atomic E-state index is -0.743. The van der Waals surface area contributed by atoms with Crippen molar-refractivity contribution in [2.24, 2.45) is 0 Å². The summed E-state index contributed by atoms with van der Waals surface area (Å²) in [4.78, 5) is 21.8. The van der Waals surface area contributed by atoms with Crippen molar-refractivity contribution in [1.29, 1.82) is 0 Å². The van der Waals surface area contributed by atoms with Crippen molar-refractivity contribution in [3.05, 3.63) is 0 Å². The fourth-order valence-electron chi connectivity index (χ4n) is 1.96. The molecule has 0 heterocycles. The normalized spacial score (nSPS) is 10.4. The van der Waals surface area contributed by atoms with Crippen LogP contribution in [0.15, 0.2) is 0 Å². The van der Waals surface area contributed by atoms with E-state index in [0.717, 1.165) is 25.7 Å². The number of unbranched alkanes of at least 4 members (excludes halogenated alkanes) is 7. The number of hydrogen-bond donors (Lipinski definition) is 2. The summed E-state index contributed by atoms with van der Waals surface area (Å²) in [5.41, 5.74) is 0. The zero-order valence-corrected chi connectivity index (χ0v) is 12.2. The van der Waals surface area contributed by atoms with Gasteiger partial charge in [0, 0.05) is 19.4 Å². The summed E-state index contributed by atoms with van der Waals surface area (Å²) in [6.07, 6.45) is 10.5. The first-order valence-corrected chi connectivity index (χ1v) is 7.65. The van der Waals surface area contributed by atoms with Gasteiger partial charge in [0.25, 0.3) is 0 Å². The monoisotopic (exact) mass is 271 g/mol. The molecule has 112 valence electrons. The lowest BCUT2D eigenvalue weighted by atomic mass is 10.1. The molecule has 0 aliphatic carbocycles. The maximum Gasteiger partial charge on any atom is 0.303 e. The molecule has 0 aliphatic heterocycles. The van der Waals surface area contributed by atoms with E-state index in [0.29, 0.717) is 19.4 Å². The van der Waals surface area contributed by atoms with Gasteiger partial charge in [0.05, 0.1) is 0 Å². The molecule has 0 saturated heterocycles. The Balaban J connectivity index is 3.19. The van der Waals surface area contributed by atoms with E-state index >= 15 is 0 Å². The van der Waals surface area contributed by atoms with E-state index in [1.165, 1.54) is 25.7 Å². The van der Waals surface area contributed by atoms with Gasteiger partial charge in [-0.3, -0.25) is 9.59 Å². The summed E-state index contributed by atoms with van der Waals surface area (Å²) in [6, 6.07) is 0. The molecule has 0 aromatic carbocycles. The fraction of sp³-hybridized carbons (Fsp3) is 0.867. The van der Waals surface area contributed by atoms with Crippen molar-refractivity contribution in [3.63, 3.8) is 0 Å². The zero-order valence-electron chi connectivity index (χ0n) is 12.2. The Morgan fingerprint density at radius 1 is 0.842 bits per heavy atom. The minimum Gasteiger partial charge on any atom is -0.481 e. The van der Waals surface area contributed by atoms with E-state index in [2.05, 4.69) is 12.2 Å². The quantitative estimate of drug-likeness (QED) is 0.504. The number of carbonyl (C=O) groups excluding carboxylic acids is 1. The predicted molar refractivity (Wildman–Crippen MR) is 77.1 cm³/mol. The molecule has 0 aromatic rings. The zero-order chi connectivity index (χ0) is 14.3. The van der Waals surface area contributed by atoms with Crippen LogP contribution in [-0.2, 0) is 9.59 Å². The first-order chi connectivity index (χ1) is 9.16. The molecule has 0 fully saturated rings. The summed E-state index contributed by atoms with van der Waals surface area (Å²) >= 11 is 0. The largest absolute Gasteiger partial charge is 0.481 e. The number of aliphatic carboxylic acids is 1. The third kappa shape index (κ3) is 14.9. The van der Waals surface area contributed by atoms with Gasteiger partial charge in [-0.05, 0) is 19.3 Å². The molecular weight excluding hydrogens is 242 g/mol. The summed E-state index contributed by atoms with van der Waals surface area (Å²) in [7, 11) is 0. The summed E-state index contributed by atoms with van der Waals surface area (Å²) in [6.45, 7) is 2.87. The molecule has 0 rings (SSSR count). The molecule has 19 heavy (non-hydrogen) atoms. The average molecular weight is 271 g/mol. The van der Waals surface area contributed by atoms with Crippen molar-refractivity contribution in [2.45, 2.75) is 77.6 Å². The molecular formula is C15H29NO3. The van der Waals surface area contributed by atoms with E-state index in [4.69, 9.17) is 5.11 Å². The van der Waals surface area contributed by atoms with E-state index < -0.39 is 5.97 Å². The second-order valence-electron chi connectivity index (χ2n) is 5.07. The van der Waals surface area contributed by atoms with Gasteiger partial charge in [-0.25, -0.2) is 0 Å². The van der Waals surface area contributed by atoms with Crippen LogP contribution < -0.4 is 5.32 Å². The smallest absolute Gasteiger partial charge is 0.303 e. The molecule has 1 amide bonds. The van der Waals surface area contributed by atoms with Gasteiger partial charge in [0.15, 0.2) is 0 Å². The van der Waals surface area contributed by atoms with Crippen LogP contribution in [0.3, 0.4) is 0 Å². The van der Waals surface area contributed by atoms with Crippen molar-refractivity contribution in [1.82, 2.24) is 5.32 Å². The van der Waals surface area contributed by atoms with Crippen LogP contribution in [0.1, 0.15) is 77.6 Å². The maximum absolute atomic E-state index is 11.5. The maximum atomic E-state index is 11.5. The summed E-state index contributed by atoms with van der Waals surface area (Å²) in [5, 5.41) is 11.3. The summed E-state index contributed by atoms with van der Waals surface area (Å²) < 4.78 is 0. The van der Waals surface area contributed by atoms with Crippen LogP contribution in [0.5, 0.6) is 0 Å². The Morgan fingerprint density at radius 3 is 2.11 bits per heavy atom. The molecule has 0 bridgehead atoms. The number of carbonyl (C=O) groups is 2. The van der Waals surface area contributed by atoms with Crippen LogP contribution in [0.25, 0.3) is 0 Å². The molecule has 0 atom stereocenters. The number of amides is 1. The highest BCUT2D eigenvalue weighted by Crippen LogP contribution is 2.06. The van der Waals surface area contributed by atoms with Gasteiger partial charge in [-0.2, -0.15) is 0 Å².